The molecule has 2 aromatic rings. The molecule has 0 aliphatic carbocycles. The number of thiocarbonyl (C=S) groups is 1. The Balaban J connectivity index is 1.73. The molecular weight excluding hydrogens is 328 g/mol. The standard InChI is InChI=1S/C17H16N2O2S2/c1-11-2-5-13(6-3-11)23-17(22)19-16(18)12-4-7-14-15(10-12)21-9-8-20-14/h2-7,10H,8-9H2,1H3,(H2,18,19,22). The lowest BCUT2D eigenvalue weighted by molar-refractivity contribution is 0.171. The number of fused-ring (bicyclic) bond motifs is 1. The second kappa shape index (κ2) is 7.02. The minimum Gasteiger partial charge on any atom is -0.486 e. The van der Waals surface area contributed by atoms with Crippen LogP contribution in [0, 0.1) is 6.92 Å². The van der Waals surface area contributed by atoms with Crippen LogP contribution >= 0.6 is 24.0 Å². The molecule has 1 aliphatic rings. The van der Waals surface area contributed by atoms with Gasteiger partial charge in [0.2, 0.25) is 0 Å². The Morgan fingerprint density at radius 1 is 1.09 bits per heavy atom. The van der Waals surface area contributed by atoms with Gasteiger partial charge in [0.1, 0.15) is 19.0 Å². The van der Waals surface area contributed by atoms with Gasteiger partial charge in [-0.15, -0.1) is 0 Å². The average Bonchev–Trinajstić information content (AvgIpc) is 2.56. The van der Waals surface area contributed by atoms with Gasteiger partial charge in [0.25, 0.3) is 0 Å². The molecule has 1 heterocycles. The van der Waals surface area contributed by atoms with Gasteiger partial charge in [-0.05, 0) is 37.3 Å². The van der Waals surface area contributed by atoms with Gasteiger partial charge >= 0.3 is 0 Å². The van der Waals surface area contributed by atoms with Crippen molar-refractivity contribution in [3.63, 3.8) is 0 Å². The van der Waals surface area contributed by atoms with Crippen LogP contribution in [0.15, 0.2) is 52.4 Å². The van der Waals surface area contributed by atoms with Crippen molar-refractivity contribution in [3.8, 4) is 11.5 Å². The number of amidine groups is 1. The number of nitrogens with zero attached hydrogens (tertiary/aromatic N) is 1. The number of thioether (sulfide) groups is 1. The quantitative estimate of drug-likeness (QED) is 0.391. The molecule has 0 spiro atoms. The zero-order chi connectivity index (χ0) is 16.2. The van der Waals surface area contributed by atoms with Crippen molar-refractivity contribution in [1.82, 2.24) is 0 Å². The first-order valence-electron chi connectivity index (χ1n) is 7.14. The summed E-state index contributed by atoms with van der Waals surface area (Å²) in [5.41, 5.74) is 8.03. The smallest absolute Gasteiger partial charge is 0.166 e. The Morgan fingerprint density at radius 3 is 2.52 bits per heavy atom. The van der Waals surface area contributed by atoms with Gasteiger partial charge < -0.3 is 15.2 Å². The van der Waals surface area contributed by atoms with Gasteiger partial charge in [-0.25, -0.2) is 4.99 Å². The van der Waals surface area contributed by atoms with Crippen LogP contribution in [0.25, 0.3) is 0 Å². The molecular formula is C17H16N2O2S2. The first kappa shape index (κ1) is 15.8. The summed E-state index contributed by atoms with van der Waals surface area (Å²) in [5.74, 6) is 1.78. The van der Waals surface area contributed by atoms with Crippen LogP contribution in [0.3, 0.4) is 0 Å². The molecule has 2 N–H and O–H groups in total. The molecule has 0 bridgehead atoms. The van der Waals surface area contributed by atoms with E-state index in [4.69, 9.17) is 27.4 Å². The monoisotopic (exact) mass is 344 g/mol. The number of hydrogen-bond acceptors (Lipinski definition) is 4. The highest BCUT2D eigenvalue weighted by atomic mass is 32.2. The molecule has 0 unspecified atom stereocenters. The average molecular weight is 344 g/mol. The van der Waals surface area contributed by atoms with Crippen molar-refractivity contribution in [2.45, 2.75) is 11.8 Å². The summed E-state index contributed by atoms with van der Waals surface area (Å²) in [6.45, 7) is 3.15. The Bertz CT molecular complexity index is 758. The third kappa shape index (κ3) is 4.03. The van der Waals surface area contributed by atoms with Crippen LogP contribution in [-0.4, -0.2) is 23.4 Å². The Kier molecular flexibility index (Phi) is 4.83. The van der Waals surface area contributed by atoms with Crippen molar-refractivity contribution in [2.75, 3.05) is 13.2 Å². The Morgan fingerprint density at radius 2 is 1.78 bits per heavy atom. The van der Waals surface area contributed by atoms with Crippen LogP contribution in [-0.2, 0) is 0 Å². The van der Waals surface area contributed by atoms with E-state index in [0.29, 0.717) is 29.1 Å². The number of nitrogens with two attached hydrogens (primary N) is 1. The highest BCUT2D eigenvalue weighted by molar-refractivity contribution is 8.23. The first-order chi connectivity index (χ1) is 11.1. The fourth-order valence-electron chi connectivity index (χ4n) is 2.10. The topological polar surface area (TPSA) is 56.8 Å². The maximum atomic E-state index is 6.06. The van der Waals surface area contributed by atoms with E-state index in [1.807, 2.05) is 49.4 Å². The minimum atomic E-state index is 0.367. The fraction of sp³-hybridized carbons (Fsp3) is 0.176. The summed E-state index contributed by atoms with van der Waals surface area (Å²) in [4.78, 5) is 5.35. The maximum absolute atomic E-state index is 6.06. The van der Waals surface area contributed by atoms with Crippen molar-refractivity contribution >= 4 is 34.1 Å². The van der Waals surface area contributed by atoms with E-state index in [1.54, 1.807) is 0 Å². The second-order valence-electron chi connectivity index (χ2n) is 5.04. The van der Waals surface area contributed by atoms with E-state index < -0.39 is 0 Å². The zero-order valence-electron chi connectivity index (χ0n) is 12.6. The van der Waals surface area contributed by atoms with E-state index in [-0.39, 0.29) is 0 Å². The Hall–Kier alpha value is -2.05. The van der Waals surface area contributed by atoms with Crippen LogP contribution in [0.2, 0.25) is 0 Å². The molecule has 0 radical (unpaired) electrons. The minimum absolute atomic E-state index is 0.367. The zero-order valence-corrected chi connectivity index (χ0v) is 14.2. The predicted octanol–water partition coefficient (Wildman–Crippen LogP) is 3.55. The van der Waals surface area contributed by atoms with Crippen molar-refractivity contribution < 1.29 is 9.47 Å². The summed E-state index contributed by atoms with van der Waals surface area (Å²) < 4.78 is 11.5. The third-order valence-corrected chi connectivity index (χ3v) is 4.39. The van der Waals surface area contributed by atoms with Crippen LogP contribution in [0.1, 0.15) is 11.1 Å². The molecule has 3 rings (SSSR count). The van der Waals surface area contributed by atoms with E-state index in [9.17, 15) is 0 Å². The summed E-state index contributed by atoms with van der Waals surface area (Å²) >= 11 is 6.72. The number of rotatable bonds is 2. The molecule has 6 heteroatoms. The lowest BCUT2D eigenvalue weighted by atomic mass is 10.2. The van der Waals surface area contributed by atoms with E-state index in [0.717, 1.165) is 16.2 Å². The highest BCUT2D eigenvalue weighted by Crippen LogP contribution is 2.30. The fourth-order valence-corrected chi connectivity index (χ4v) is 3.10. The molecule has 2 aromatic carbocycles. The van der Waals surface area contributed by atoms with Crippen LogP contribution < -0.4 is 15.2 Å². The van der Waals surface area contributed by atoms with E-state index in [2.05, 4.69) is 4.99 Å². The molecule has 0 amide bonds. The van der Waals surface area contributed by atoms with Gasteiger partial charge in [0.05, 0.1) is 0 Å². The Labute approximate surface area is 144 Å². The molecule has 4 nitrogen and oxygen atoms in total. The summed E-state index contributed by atoms with van der Waals surface area (Å²) in [6.07, 6.45) is 0. The second-order valence-corrected chi connectivity index (χ2v) is 6.74. The first-order valence-corrected chi connectivity index (χ1v) is 8.37. The number of benzene rings is 2. The lowest BCUT2D eigenvalue weighted by Gasteiger charge is -2.18. The van der Waals surface area contributed by atoms with Crippen molar-refractivity contribution in [2.24, 2.45) is 10.7 Å². The number of aliphatic imine (C=N–C) groups is 1. The largest absolute Gasteiger partial charge is 0.486 e. The molecule has 118 valence electrons. The SMILES string of the molecule is Cc1ccc(SC(=S)/N=C(\N)c2ccc3c(c2)OCCO3)cc1. The van der Waals surface area contributed by atoms with Crippen molar-refractivity contribution in [3.05, 3.63) is 53.6 Å². The van der Waals surface area contributed by atoms with Crippen LogP contribution in [0.4, 0.5) is 0 Å². The third-order valence-electron chi connectivity index (χ3n) is 3.28. The summed E-state index contributed by atoms with van der Waals surface area (Å²) in [7, 11) is 0. The number of aryl methyl sites for hydroxylation is 1. The highest BCUT2D eigenvalue weighted by Gasteiger charge is 2.13. The maximum Gasteiger partial charge on any atom is 0.166 e. The van der Waals surface area contributed by atoms with Gasteiger partial charge in [0, 0.05) is 10.5 Å². The van der Waals surface area contributed by atoms with Gasteiger partial charge in [-0.2, -0.15) is 0 Å². The number of ether oxygens (including phenoxy) is 2. The van der Waals surface area contributed by atoms with E-state index >= 15 is 0 Å². The van der Waals surface area contributed by atoms with Crippen molar-refractivity contribution in [1.29, 1.82) is 0 Å². The molecule has 0 saturated heterocycles. The molecule has 1 aliphatic heterocycles. The molecule has 0 saturated carbocycles. The van der Waals surface area contributed by atoms with Gasteiger partial charge in [-0.1, -0.05) is 41.7 Å². The lowest BCUT2D eigenvalue weighted by Crippen LogP contribution is -2.18. The van der Waals surface area contributed by atoms with Gasteiger partial charge in [-0.3, -0.25) is 0 Å². The summed E-state index contributed by atoms with van der Waals surface area (Å²) in [6, 6.07) is 13.6. The normalized spacial score (nSPS) is 13.7. The molecule has 0 aromatic heterocycles. The molecule has 0 fully saturated rings. The predicted molar refractivity (Wildman–Crippen MR) is 97.8 cm³/mol. The summed E-state index contributed by atoms with van der Waals surface area (Å²) in [5, 5.41) is 0. The van der Waals surface area contributed by atoms with Crippen LogP contribution in [0.5, 0.6) is 11.5 Å². The van der Waals surface area contributed by atoms with E-state index in [1.165, 1.54) is 17.3 Å². The van der Waals surface area contributed by atoms with Gasteiger partial charge in [0.15, 0.2) is 15.8 Å². The molecule has 23 heavy (non-hydrogen) atoms. The number of hydrogen-bond donors (Lipinski definition) is 1. The molecule has 0 atom stereocenters.